The van der Waals surface area contributed by atoms with Crippen LogP contribution < -0.4 is 5.56 Å². The number of nitrogens with zero attached hydrogens (tertiary/aromatic N) is 4. The number of fused-ring (bicyclic) bond motifs is 1. The zero-order chi connectivity index (χ0) is 20.1. The number of rotatable bonds is 3. The molecule has 0 atom stereocenters. The average molecular weight is 384 g/mol. The molecule has 3 aromatic rings. The third-order valence-corrected chi connectivity index (χ3v) is 5.06. The van der Waals surface area contributed by atoms with Crippen molar-refractivity contribution in [1.82, 2.24) is 19.1 Å². The first-order valence-electron chi connectivity index (χ1n) is 9.01. The molecule has 1 aromatic carbocycles. The Morgan fingerprint density at radius 1 is 1.29 bits per heavy atom. The zero-order valence-corrected chi connectivity index (χ0v) is 15.9. The average Bonchev–Trinajstić information content (AvgIpc) is 3.00. The van der Waals surface area contributed by atoms with Crippen molar-refractivity contribution in [3.8, 4) is 17.3 Å². The van der Waals surface area contributed by atoms with Crippen LogP contribution in [0.25, 0.3) is 11.5 Å². The fourth-order valence-electron chi connectivity index (χ4n) is 3.46. The van der Waals surface area contributed by atoms with Gasteiger partial charge in [0.1, 0.15) is 17.2 Å². The lowest BCUT2D eigenvalue weighted by Crippen LogP contribution is -2.41. The van der Waals surface area contributed by atoms with E-state index in [0.29, 0.717) is 31.2 Å². The summed E-state index contributed by atoms with van der Waals surface area (Å²) in [5.74, 6) is 0.127. The van der Waals surface area contributed by atoms with Gasteiger partial charge in [0.25, 0.3) is 5.56 Å². The van der Waals surface area contributed by atoms with Gasteiger partial charge in [-0.15, -0.1) is 0 Å². The van der Waals surface area contributed by atoms with Gasteiger partial charge in [0.2, 0.25) is 5.75 Å². The second-order valence-electron chi connectivity index (χ2n) is 7.38. The summed E-state index contributed by atoms with van der Waals surface area (Å²) >= 11 is 0. The number of ether oxygens (including phenoxy) is 1. The van der Waals surface area contributed by atoms with Crippen molar-refractivity contribution in [1.29, 1.82) is 0 Å². The molecule has 28 heavy (non-hydrogen) atoms. The Morgan fingerprint density at radius 2 is 2.00 bits per heavy atom. The standard InChI is InChI=1S/C20H21FN4O3/c1-20(2)19-23-15(16(26)18(27)25(19)8-9-28-20)17-22-11-14(24(17)3)10-12-4-6-13(21)7-5-12/h4-7,11,26H,8-10H2,1-3H3. The molecule has 0 fully saturated rings. The smallest absolute Gasteiger partial charge is 0.296 e. The fraction of sp³-hybridized carbons (Fsp3) is 0.350. The maximum atomic E-state index is 13.1. The summed E-state index contributed by atoms with van der Waals surface area (Å²) < 4.78 is 22.1. The minimum absolute atomic E-state index is 0.127. The summed E-state index contributed by atoms with van der Waals surface area (Å²) in [6, 6.07) is 6.24. The maximum Gasteiger partial charge on any atom is 0.296 e. The third kappa shape index (κ3) is 2.99. The topological polar surface area (TPSA) is 82.2 Å². The SMILES string of the molecule is Cn1c(Cc2ccc(F)cc2)cnc1-c1nc2n(c(=O)c1O)CCOC2(C)C. The Hall–Kier alpha value is -3.00. The Morgan fingerprint density at radius 3 is 2.71 bits per heavy atom. The van der Waals surface area contributed by atoms with Crippen molar-refractivity contribution in [2.24, 2.45) is 7.05 Å². The van der Waals surface area contributed by atoms with E-state index in [1.165, 1.54) is 16.7 Å². The van der Waals surface area contributed by atoms with E-state index in [0.717, 1.165) is 11.3 Å². The van der Waals surface area contributed by atoms with Crippen LogP contribution in [0.15, 0.2) is 35.3 Å². The second-order valence-corrected chi connectivity index (χ2v) is 7.38. The summed E-state index contributed by atoms with van der Waals surface area (Å²) in [4.78, 5) is 21.6. The summed E-state index contributed by atoms with van der Waals surface area (Å²) in [5.41, 5.74) is 0.647. The Bertz CT molecular complexity index is 1100. The lowest BCUT2D eigenvalue weighted by molar-refractivity contribution is -0.0564. The minimum Gasteiger partial charge on any atom is -0.501 e. The molecular formula is C20H21FN4O3. The van der Waals surface area contributed by atoms with Gasteiger partial charge in [0, 0.05) is 25.4 Å². The van der Waals surface area contributed by atoms with E-state index in [4.69, 9.17) is 4.74 Å². The van der Waals surface area contributed by atoms with Crippen molar-refractivity contribution in [3.05, 3.63) is 63.7 Å². The quantitative estimate of drug-likeness (QED) is 0.750. The van der Waals surface area contributed by atoms with E-state index in [-0.39, 0.29) is 11.5 Å². The normalized spacial score (nSPS) is 15.4. The van der Waals surface area contributed by atoms with Gasteiger partial charge in [0.15, 0.2) is 11.5 Å². The molecule has 4 rings (SSSR count). The van der Waals surface area contributed by atoms with Crippen LogP contribution in [0, 0.1) is 5.82 Å². The molecule has 0 saturated carbocycles. The van der Waals surface area contributed by atoms with Gasteiger partial charge in [0.05, 0.1) is 13.2 Å². The second kappa shape index (κ2) is 6.56. The van der Waals surface area contributed by atoms with Gasteiger partial charge in [-0.3, -0.25) is 9.36 Å². The van der Waals surface area contributed by atoms with Crippen LogP contribution in [0.3, 0.4) is 0 Å². The lowest BCUT2D eigenvalue weighted by atomic mass is 10.1. The molecule has 0 bridgehead atoms. The molecule has 146 valence electrons. The zero-order valence-electron chi connectivity index (χ0n) is 15.9. The minimum atomic E-state index is -0.748. The van der Waals surface area contributed by atoms with Crippen LogP contribution in [-0.2, 0) is 30.4 Å². The molecule has 8 heteroatoms. The molecule has 1 aliphatic heterocycles. The number of benzene rings is 1. The van der Waals surface area contributed by atoms with Gasteiger partial charge < -0.3 is 14.4 Å². The van der Waals surface area contributed by atoms with Gasteiger partial charge in [-0.1, -0.05) is 12.1 Å². The molecule has 0 spiro atoms. The number of aromatic hydroxyl groups is 1. The van der Waals surface area contributed by atoms with Gasteiger partial charge in [-0.05, 0) is 31.5 Å². The van der Waals surface area contributed by atoms with E-state index in [2.05, 4.69) is 9.97 Å². The van der Waals surface area contributed by atoms with Crippen molar-refractivity contribution >= 4 is 0 Å². The molecule has 0 unspecified atom stereocenters. The Labute approximate surface area is 161 Å². The predicted molar refractivity (Wildman–Crippen MR) is 101 cm³/mol. The largest absolute Gasteiger partial charge is 0.501 e. The van der Waals surface area contributed by atoms with E-state index >= 15 is 0 Å². The van der Waals surface area contributed by atoms with Crippen LogP contribution in [-0.4, -0.2) is 30.8 Å². The van der Waals surface area contributed by atoms with Crippen LogP contribution >= 0.6 is 0 Å². The van der Waals surface area contributed by atoms with E-state index in [9.17, 15) is 14.3 Å². The highest BCUT2D eigenvalue weighted by Gasteiger charge is 2.34. The predicted octanol–water partition coefficient (Wildman–Crippen LogP) is 2.34. The molecule has 1 N–H and O–H groups in total. The number of halogens is 1. The summed E-state index contributed by atoms with van der Waals surface area (Å²) in [6.45, 7) is 4.40. The Kier molecular flexibility index (Phi) is 4.30. The van der Waals surface area contributed by atoms with Gasteiger partial charge in [-0.2, -0.15) is 0 Å². The summed E-state index contributed by atoms with van der Waals surface area (Å²) in [7, 11) is 1.79. The first-order chi connectivity index (χ1) is 13.3. The summed E-state index contributed by atoms with van der Waals surface area (Å²) in [5, 5.41) is 10.5. The van der Waals surface area contributed by atoms with Crippen LogP contribution in [0.4, 0.5) is 4.39 Å². The van der Waals surface area contributed by atoms with Gasteiger partial charge in [-0.25, -0.2) is 14.4 Å². The lowest BCUT2D eigenvalue weighted by Gasteiger charge is -2.32. The van der Waals surface area contributed by atoms with E-state index in [1.807, 2.05) is 13.8 Å². The van der Waals surface area contributed by atoms with E-state index in [1.54, 1.807) is 29.9 Å². The van der Waals surface area contributed by atoms with Crippen LogP contribution in [0.5, 0.6) is 5.75 Å². The number of hydrogen-bond donors (Lipinski definition) is 1. The molecular weight excluding hydrogens is 363 g/mol. The van der Waals surface area contributed by atoms with Gasteiger partial charge >= 0.3 is 0 Å². The number of imidazole rings is 1. The maximum absolute atomic E-state index is 13.1. The van der Waals surface area contributed by atoms with E-state index < -0.39 is 16.9 Å². The van der Waals surface area contributed by atoms with Crippen molar-refractivity contribution in [2.75, 3.05) is 6.61 Å². The molecule has 3 heterocycles. The Balaban J connectivity index is 1.78. The molecule has 0 saturated heterocycles. The number of aromatic nitrogens is 4. The molecule has 0 amide bonds. The first kappa shape index (κ1) is 18.4. The highest BCUT2D eigenvalue weighted by atomic mass is 19.1. The first-order valence-corrected chi connectivity index (χ1v) is 9.01. The third-order valence-electron chi connectivity index (χ3n) is 5.06. The molecule has 0 aliphatic carbocycles. The molecule has 0 radical (unpaired) electrons. The van der Waals surface area contributed by atoms with Crippen molar-refractivity contribution < 1.29 is 14.2 Å². The highest BCUT2D eigenvalue weighted by molar-refractivity contribution is 5.59. The molecule has 1 aliphatic rings. The number of hydrogen-bond acceptors (Lipinski definition) is 5. The summed E-state index contributed by atoms with van der Waals surface area (Å²) in [6.07, 6.45) is 2.20. The van der Waals surface area contributed by atoms with Crippen molar-refractivity contribution in [2.45, 2.75) is 32.4 Å². The fourth-order valence-corrected chi connectivity index (χ4v) is 3.46. The van der Waals surface area contributed by atoms with Crippen molar-refractivity contribution in [3.63, 3.8) is 0 Å². The van der Waals surface area contributed by atoms with Crippen LogP contribution in [0.2, 0.25) is 0 Å². The monoisotopic (exact) mass is 384 g/mol. The highest BCUT2D eigenvalue weighted by Crippen LogP contribution is 2.31. The van der Waals surface area contributed by atoms with Crippen LogP contribution in [0.1, 0.15) is 30.9 Å². The molecule has 7 nitrogen and oxygen atoms in total. The molecule has 2 aromatic heterocycles.